The molecule has 27 heavy (non-hydrogen) atoms. The predicted molar refractivity (Wildman–Crippen MR) is 106 cm³/mol. The molecule has 0 aliphatic carbocycles. The van der Waals surface area contributed by atoms with Crippen LogP contribution in [0.4, 0.5) is 10.5 Å². The van der Waals surface area contributed by atoms with Gasteiger partial charge in [0.2, 0.25) is 0 Å². The quantitative estimate of drug-likeness (QED) is 0.849. The Bertz CT molecular complexity index is 892. The first-order valence-electron chi connectivity index (χ1n) is 9.11. The van der Waals surface area contributed by atoms with Crippen LogP contribution in [0, 0.1) is 11.3 Å². The van der Waals surface area contributed by atoms with E-state index >= 15 is 0 Å². The predicted octanol–water partition coefficient (Wildman–Crippen LogP) is 4.56. The summed E-state index contributed by atoms with van der Waals surface area (Å²) in [5.41, 5.74) is 4.74. The fourth-order valence-electron chi connectivity index (χ4n) is 3.40. The molecule has 0 radical (unpaired) electrons. The Kier molecular flexibility index (Phi) is 5.20. The lowest BCUT2D eigenvalue weighted by Gasteiger charge is -2.30. The smallest absolute Gasteiger partial charge is 0.412 e. The normalized spacial score (nSPS) is 14.2. The summed E-state index contributed by atoms with van der Waals surface area (Å²) < 4.78 is 5.40. The summed E-state index contributed by atoms with van der Waals surface area (Å²) in [4.78, 5) is 14.6. The Balaban J connectivity index is 2.11. The van der Waals surface area contributed by atoms with Crippen LogP contribution in [0.5, 0.6) is 0 Å². The Morgan fingerprint density at radius 2 is 1.93 bits per heavy atom. The number of nitrogens with one attached hydrogen (secondary N) is 1. The zero-order chi connectivity index (χ0) is 19.6. The Hall–Kier alpha value is -2.84. The van der Waals surface area contributed by atoms with Crippen LogP contribution in [0.3, 0.4) is 0 Å². The molecule has 1 aliphatic heterocycles. The Morgan fingerprint density at radius 1 is 1.22 bits per heavy atom. The molecule has 140 valence electrons. The molecule has 2 aromatic rings. The summed E-state index contributed by atoms with van der Waals surface area (Å²) in [6.07, 6.45) is 0.326. The van der Waals surface area contributed by atoms with Crippen molar-refractivity contribution in [3.8, 4) is 17.2 Å². The topological polar surface area (TPSA) is 65.4 Å². The van der Waals surface area contributed by atoms with Crippen molar-refractivity contribution in [2.75, 3.05) is 18.9 Å². The van der Waals surface area contributed by atoms with Gasteiger partial charge in [-0.25, -0.2) is 4.79 Å². The van der Waals surface area contributed by atoms with Crippen LogP contribution in [0.2, 0.25) is 0 Å². The fraction of sp³-hybridized carbons (Fsp3) is 0.364. The van der Waals surface area contributed by atoms with Gasteiger partial charge in [0, 0.05) is 13.1 Å². The number of nitrogens with zero attached hydrogens (tertiary/aromatic N) is 2. The summed E-state index contributed by atoms with van der Waals surface area (Å²) in [7, 11) is 2.04. The lowest BCUT2D eigenvalue weighted by molar-refractivity contribution is 0.0635. The maximum atomic E-state index is 12.4. The number of fused-ring (bicyclic) bond motifs is 1. The summed E-state index contributed by atoms with van der Waals surface area (Å²) in [5, 5.41) is 12.6. The number of nitriles is 1. The van der Waals surface area contributed by atoms with Crippen LogP contribution in [0.1, 0.15) is 37.5 Å². The highest BCUT2D eigenvalue weighted by Crippen LogP contribution is 2.37. The van der Waals surface area contributed by atoms with Crippen LogP contribution in [-0.2, 0) is 17.7 Å². The van der Waals surface area contributed by atoms with Crippen LogP contribution in [-0.4, -0.2) is 30.2 Å². The minimum atomic E-state index is -0.599. The number of amides is 1. The van der Waals surface area contributed by atoms with E-state index < -0.39 is 11.7 Å². The van der Waals surface area contributed by atoms with Crippen LogP contribution in [0.25, 0.3) is 11.1 Å². The van der Waals surface area contributed by atoms with Gasteiger partial charge in [-0.1, -0.05) is 30.3 Å². The maximum absolute atomic E-state index is 12.4. The number of carbonyl (C=O) groups excluding carboxylic acids is 1. The SMILES string of the molecule is CN1CCc2c(-c3ccccc3)cc(C#N)c(NC(=O)OC(C)(C)C)c2C1. The molecule has 0 saturated heterocycles. The van der Waals surface area contributed by atoms with Crippen molar-refractivity contribution < 1.29 is 9.53 Å². The van der Waals surface area contributed by atoms with E-state index in [2.05, 4.69) is 28.4 Å². The summed E-state index contributed by atoms with van der Waals surface area (Å²) >= 11 is 0. The summed E-state index contributed by atoms with van der Waals surface area (Å²) in [6.45, 7) is 7.07. The zero-order valence-corrected chi connectivity index (χ0v) is 16.3. The number of hydrogen-bond acceptors (Lipinski definition) is 4. The molecular formula is C22H25N3O2. The number of benzene rings is 2. The van der Waals surface area contributed by atoms with E-state index in [-0.39, 0.29) is 0 Å². The van der Waals surface area contributed by atoms with Crippen molar-refractivity contribution in [3.05, 3.63) is 53.1 Å². The Labute approximate surface area is 160 Å². The molecule has 5 nitrogen and oxygen atoms in total. The van der Waals surface area contributed by atoms with Crippen molar-refractivity contribution in [1.82, 2.24) is 4.90 Å². The van der Waals surface area contributed by atoms with Crippen molar-refractivity contribution in [2.45, 2.75) is 39.3 Å². The summed E-state index contributed by atoms with van der Waals surface area (Å²) in [6, 6.07) is 14.2. The largest absolute Gasteiger partial charge is 0.444 e. The van der Waals surface area contributed by atoms with E-state index in [1.54, 1.807) is 0 Å². The van der Waals surface area contributed by atoms with Gasteiger partial charge in [-0.05, 0) is 62.6 Å². The lowest BCUT2D eigenvalue weighted by atomic mass is 9.87. The third kappa shape index (κ3) is 4.29. The minimum Gasteiger partial charge on any atom is -0.444 e. The van der Waals surface area contributed by atoms with Gasteiger partial charge in [0.1, 0.15) is 11.7 Å². The second kappa shape index (κ2) is 7.42. The van der Waals surface area contributed by atoms with E-state index in [1.807, 2.05) is 52.1 Å². The third-order valence-electron chi connectivity index (χ3n) is 4.55. The molecule has 5 heteroatoms. The number of rotatable bonds is 2. The highest BCUT2D eigenvalue weighted by molar-refractivity contribution is 5.90. The molecule has 0 bridgehead atoms. The van der Waals surface area contributed by atoms with Gasteiger partial charge < -0.3 is 9.64 Å². The molecule has 0 fully saturated rings. The van der Waals surface area contributed by atoms with Gasteiger partial charge in [0.25, 0.3) is 0 Å². The molecular weight excluding hydrogens is 338 g/mol. The van der Waals surface area contributed by atoms with Crippen LogP contribution in [0.15, 0.2) is 36.4 Å². The second-order valence-electron chi connectivity index (χ2n) is 7.90. The van der Waals surface area contributed by atoms with E-state index in [0.717, 1.165) is 29.7 Å². The van der Waals surface area contributed by atoms with Crippen molar-refractivity contribution in [1.29, 1.82) is 5.26 Å². The van der Waals surface area contributed by atoms with Crippen molar-refractivity contribution >= 4 is 11.8 Å². The molecule has 0 atom stereocenters. The van der Waals surface area contributed by atoms with E-state index in [4.69, 9.17) is 4.74 Å². The molecule has 0 saturated carbocycles. The van der Waals surface area contributed by atoms with Gasteiger partial charge in [0.05, 0.1) is 11.3 Å². The number of likely N-dealkylation sites (N-methyl/N-ethyl adjacent to an activating group) is 1. The number of carbonyl (C=O) groups is 1. The first-order chi connectivity index (χ1) is 12.8. The van der Waals surface area contributed by atoms with Crippen LogP contribution < -0.4 is 5.32 Å². The van der Waals surface area contributed by atoms with E-state index in [0.29, 0.717) is 17.8 Å². The van der Waals surface area contributed by atoms with Gasteiger partial charge in [-0.3, -0.25) is 5.32 Å². The molecule has 0 spiro atoms. The zero-order valence-electron chi connectivity index (χ0n) is 16.3. The molecule has 3 rings (SSSR count). The minimum absolute atomic E-state index is 0.453. The van der Waals surface area contributed by atoms with Crippen molar-refractivity contribution in [2.24, 2.45) is 0 Å². The van der Waals surface area contributed by atoms with Crippen molar-refractivity contribution in [3.63, 3.8) is 0 Å². The van der Waals surface area contributed by atoms with E-state index in [9.17, 15) is 10.1 Å². The average Bonchev–Trinajstić information content (AvgIpc) is 2.61. The Morgan fingerprint density at radius 3 is 2.56 bits per heavy atom. The molecule has 0 unspecified atom stereocenters. The molecule has 1 aliphatic rings. The molecule has 1 N–H and O–H groups in total. The number of hydrogen-bond donors (Lipinski definition) is 1. The van der Waals surface area contributed by atoms with Gasteiger partial charge in [-0.2, -0.15) is 5.26 Å². The second-order valence-corrected chi connectivity index (χ2v) is 7.90. The average molecular weight is 363 g/mol. The van der Waals surface area contributed by atoms with Crippen LogP contribution >= 0.6 is 0 Å². The lowest BCUT2D eigenvalue weighted by Crippen LogP contribution is -2.31. The molecule has 0 aromatic heterocycles. The first-order valence-corrected chi connectivity index (χ1v) is 9.11. The number of anilines is 1. The van der Waals surface area contributed by atoms with E-state index in [1.165, 1.54) is 5.56 Å². The first kappa shape index (κ1) is 18.9. The number of ether oxygens (including phenoxy) is 1. The molecule has 1 amide bonds. The monoisotopic (exact) mass is 363 g/mol. The maximum Gasteiger partial charge on any atom is 0.412 e. The summed E-state index contributed by atoms with van der Waals surface area (Å²) in [5.74, 6) is 0. The highest BCUT2D eigenvalue weighted by Gasteiger charge is 2.26. The highest BCUT2D eigenvalue weighted by atomic mass is 16.6. The molecule has 2 aromatic carbocycles. The van der Waals surface area contributed by atoms with Gasteiger partial charge >= 0.3 is 6.09 Å². The fourth-order valence-corrected chi connectivity index (χ4v) is 3.40. The third-order valence-corrected chi connectivity index (χ3v) is 4.55. The van der Waals surface area contributed by atoms with Gasteiger partial charge in [-0.15, -0.1) is 0 Å². The van der Waals surface area contributed by atoms with Gasteiger partial charge in [0.15, 0.2) is 0 Å². The molecule has 1 heterocycles. The standard InChI is InChI=1S/C22H25N3O2/c1-22(2,3)27-21(26)24-20-16(13-23)12-18(15-8-6-5-7-9-15)17-10-11-25(4)14-19(17)20/h5-9,12H,10-11,14H2,1-4H3,(H,24,26).